The smallest absolute Gasteiger partial charge is 0.231 e. The van der Waals surface area contributed by atoms with Gasteiger partial charge in [-0.05, 0) is 31.2 Å². The molecule has 160 valence electrons. The van der Waals surface area contributed by atoms with Crippen LogP contribution in [0.4, 0.5) is 5.13 Å². The van der Waals surface area contributed by atoms with Crippen LogP contribution in [0.5, 0.6) is 0 Å². The first-order valence-corrected chi connectivity index (χ1v) is 12.6. The Kier molecular flexibility index (Phi) is 7.38. The number of amides is 2. The molecule has 2 aromatic rings. The first-order valence-electron chi connectivity index (χ1n) is 10.8. The van der Waals surface area contributed by atoms with Crippen molar-refractivity contribution in [2.45, 2.75) is 61.7 Å². The van der Waals surface area contributed by atoms with Gasteiger partial charge in [0.1, 0.15) is 0 Å². The molecule has 0 spiro atoms. The maximum Gasteiger partial charge on any atom is 0.231 e. The Morgan fingerprint density at radius 1 is 1.17 bits per heavy atom. The van der Waals surface area contributed by atoms with E-state index in [0.29, 0.717) is 24.1 Å². The molecular formula is C22H28N4O2S2. The van der Waals surface area contributed by atoms with Crippen LogP contribution in [-0.4, -0.2) is 45.3 Å². The number of aryl methyl sites for hydroxylation is 1. The molecular weight excluding hydrogens is 416 g/mol. The number of likely N-dealkylation sites (tertiary alicyclic amines) is 1. The third kappa shape index (κ3) is 5.60. The molecule has 1 unspecified atom stereocenters. The lowest BCUT2D eigenvalue weighted by Crippen LogP contribution is -2.38. The van der Waals surface area contributed by atoms with Crippen LogP contribution in [0.25, 0.3) is 0 Å². The minimum atomic E-state index is -0.287. The Bertz CT molecular complexity index is 852. The lowest BCUT2D eigenvalue weighted by atomic mass is 9.94. The highest BCUT2D eigenvalue weighted by Gasteiger charge is 2.38. The van der Waals surface area contributed by atoms with Crippen molar-refractivity contribution in [1.82, 2.24) is 15.1 Å². The van der Waals surface area contributed by atoms with Gasteiger partial charge in [0.2, 0.25) is 16.9 Å². The summed E-state index contributed by atoms with van der Waals surface area (Å²) < 4.78 is 0.865. The molecule has 8 heteroatoms. The van der Waals surface area contributed by atoms with E-state index >= 15 is 0 Å². The number of benzene rings is 1. The van der Waals surface area contributed by atoms with E-state index in [1.54, 1.807) is 11.8 Å². The minimum absolute atomic E-state index is 0.113. The fraction of sp³-hybridized carbons (Fsp3) is 0.545. The van der Waals surface area contributed by atoms with E-state index in [-0.39, 0.29) is 17.7 Å². The number of carbonyl (C=O) groups excluding carboxylic acids is 2. The molecule has 0 radical (unpaired) electrons. The Morgan fingerprint density at radius 3 is 2.77 bits per heavy atom. The number of nitrogens with one attached hydrogen (secondary N) is 1. The van der Waals surface area contributed by atoms with Gasteiger partial charge in [0.05, 0.1) is 5.92 Å². The topological polar surface area (TPSA) is 75.2 Å². The SMILES string of the molecule is O=C(Nc1nnc(SCCCc2ccccc2)s1)C1CC(=O)N(C2CCCCC2)C1. The van der Waals surface area contributed by atoms with Gasteiger partial charge in [0.25, 0.3) is 0 Å². The lowest BCUT2D eigenvalue weighted by Gasteiger charge is -2.31. The number of rotatable bonds is 8. The fourth-order valence-corrected chi connectivity index (χ4v) is 6.02. The van der Waals surface area contributed by atoms with Crippen LogP contribution in [0.1, 0.15) is 50.5 Å². The van der Waals surface area contributed by atoms with Gasteiger partial charge < -0.3 is 10.2 Å². The van der Waals surface area contributed by atoms with E-state index in [1.165, 1.54) is 36.2 Å². The minimum Gasteiger partial charge on any atom is -0.339 e. The van der Waals surface area contributed by atoms with Crippen molar-refractivity contribution >= 4 is 40.0 Å². The average molecular weight is 445 g/mol. The fourth-order valence-electron chi connectivity index (χ4n) is 4.26. The third-order valence-corrected chi connectivity index (χ3v) is 7.92. The van der Waals surface area contributed by atoms with Crippen LogP contribution >= 0.6 is 23.1 Å². The van der Waals surface area contributed by atoms with Gasteiger partial charge in [0.15, 0.2) is 4.34 Å². The van der Waals surface area contributed by atoms with Crippen molar-refractivity contribution in [3.8, 4) is 0 Å². The van der Waals surface area contributed by atoms with Crippen LogP contribution in [-0.2, 0) is 16.0 Å². The molecule has 2 aliphatic rings. The summed E-state index contributed by atoms with van der Waals surface area (Å²) >= 11 is 3.08. The van der Waals surface area contributed by atoms with Crippen LogP contribution in [0.3, 0.4) is 0 Å². The Hall–Kier alpha value is -1.93. The number of anilines is 1. The summed E-state index contributed by atoms with van der Waals surface area (Å²) in [5, 5.41) is 11.7. The van der Waals surface area contributed by atoms with E-state index in [0.717, 1.165) is 35.8 Å². The van der Waals surface area contributed by atoms with E-state index < -0.39 is 0 Å². The molecule has 6 nitrogen and oxygen atoms in total. The number of aromatic nitrogens is 2. The maximum atomic E-state index is 12.7. The van der Waals surface area contributed by atoms with Gasteiger partial charge in [-0.25, -0.2) is 0 Å². The van der Waals surface area contributed by atoms with Crippen LogP contribution < -0.4 is 5.32 Å². The molecule has 1 aromatic heterocycles. The van der Waals surface area contributed by atoms with Gasteiger partial charge in [0, 0.05) is 24.8 Å². The maximum absolute atomic E-state index is 12.7. The summed E-state index contributed by atoms with van der Waals surface area (Å²) in [6.07, 6.45) is 8.18. The van der Waals surface area contributed by atoms with Crippen LogP contribution in [0.2, 0.25) is 0 Å². The molecule has 2 heterocycles. The van der Waals surface area contributed by atoms with Crippen molar-refractivity contribution in [3.05, 3.63) is 35.9 Å². The van der Waals surface area contributed by atoms with Crippen molar-refractivity contribution in [1.29, 1.82) is 0 Å². The first-order chi connectivity index (χ1) is 14.7. The predicted octanol–water partition coefficient (Wildman–Crippen LogP) is 4.38. The summed E-state index contributed by atoms with van der Waals surface area (Å²) in [4.78, 5) is 27.0. The average Bonchev–Trinajstić information content (AvgIpc) is 3.39. The molecule has 2 amide bonds. The number of nitrogens with zero attached hydrogens (tertiary/aromatic N) is 3. The predicted molar refractivity (Wildman–Crippen MR) is 121 cm³/mol. The highest BCUT2D eigenvalue weighted by molar-refractivity contribution is 8.01. The van der Waals surface area contributed by atoms with Crippen molar-refractivity contribution in [2.75, 3.05) is 17.6 Å². The summed E-state index contributed by atoms with van der Waals surface area (Å²) in [7, 11) is 0. The van der Waals surface area contributed by atoms with E-state index in [9.17, 15) is 9.59 Å². The van der Waals surface area contributed by atoms with Crippen molar-refractivity contribution in [2.24, 2.45) is 5.92 Å². The molecule has 1 aliphatic heterocycles. The van der Waals surface area contributed by atoms with Crippen molar-refractivity contribution < 1.29 is 9.59 Å². The van der Waals surface area contributed by atoms with Crippen LogP contribution in [0.15, 0.2) is 34.7 Å². The zero-order chi connectivity index (χ0) is 20.8. The van der Waals surface area contributed by atoms with Gasteiger partial charge in [-0.3, -0.25) is 9.59 Å². The third-order valence-electron chi connectivity index (χ3n) is 5.86. The molecule has 4 rings (SSSR count). The zero-order valence-electron chi connectivity index (χ0n) is 17.1. The highest BCUT2D eigenvalue weighted by atomic mass is 32.2. The Balaban J connectivity index is 1.21. The van der Waals surface area contributed by atoms with E-state index in [1.807, 2.05) is 11.0 Å². The van der Waals surface area contributed by atoms with E-state index in [2.05, 4.69) is 39.8 Å². The molecule has 1 aromatic carbocycles. The number of hydrogen-bond donors (Lipinski definition) is 1. The standard InChI is InChI=1S/C22H28N4O2S2/c27-19-14-17(15-26(19)18-11-5-2-6-12-18)20(28)23-21-24-25-22(30-21)29-13-7-10-16-8-3-1-4-9-16/h1,3-4,8-9,17-18H,2,5-7,10-15H2,(H,23,24,28). The summed E-state index contributed by atoms with van der Waals surface area (Å²) in [6.45, 7) is 0.537. The van der Waals surface area contributed by atoms with E-state index in [4.69, 9.17) is 0 Å². The second kappa shape index (κ2) is 10.4. The Labute approximate surface area is 185 Å². The Morgan fingerprint density at radius 2 is 1.97 bits per heavy atom. The van der Waals surface area contributed by atoms with Gasteiger partial charge in [-0.1, -0.05) is 72.7 Å². The molecule has 1 atom stereocenters. The quantitative estimate of drug-likeness (QED) is 0.371. The normalized spacial score (nSPS) is 19.9. The monoisotopic (exact) mass is 444 g/mol. The van der Waals surface area contributed by atoms with Gasteiger partial charge in [-0.15, -0.1) is 10.2 Å². The molecule has 0 bridgehead atoms. The first kappa shape index (κ1) is 21.3. The second-order valence-electron chi connectivity index (χ2n) is 8.04. The van der Waals surface area contributed by atoms with Crippen molar-refractivity contribution in [3.63, 3.8) is 0 Å². The zero-order valence-corrected chi connectivity index (χ0v) is 18.7. The molecule has 1 aliphatic carbocycles. The van der Waals surface area contributed by atoms with Gasteiger partial charge in [-0.2, -0.15) is 0 Å². The summed E-state index contributed by atoms with van der Waals surface area (Å²) in [5.74, 6) is 0.683. The lowest BCUT2D eigenvalue weighted by molar-refractivity contribution is -0.130. The number of hydrogen-bond acceptors (Lipinski definition) is 6. The van der Waals surface area contributed by atoms with Gasteiger partial charge >= 0.3 is 0 Å². The largest absolute Gasteiger partial charge is 0.339 e. The molecule has 30 heavy (non-hydrogen) atoms. The number of carbonyl (C=O) groups is 2. The molecule has 2 fully saturated rings. The molecule has 1 saturated carbocycles. The number of thioether (sulfide) groups is 1. The molecule has 1 N–H and O–H groups in total. The summed E-state index contributed by atoms with van der Waals surface area (Å²) in [6, 6.07) is 10.8. The summed E-state index contributed by atoms with van der Waals surface area (Å²) in [5.41, 5.74) is 1.34. The molecule has 1 saturated heterocycles. The second-order valence-corrected chi connectivity index (χ2v) is 10.4. The van der Waals surface area contributed by atoms with Crippen LogP contribution in [0, 0.1) is 5.92 Å². The highest BCUT2D eigenvalue weighted by Crippen LogP contribution is 2.30.